The standard InChI is InChI=1S/C2H5BNS/c1-3-5-4-2/h2H2,1H3. The molecule has 0 aromatic heterocycles. The third kappa shape index (κ3) is 4.08. The second kappa shape index (κ2) is 4.08. The van der Waals surface area contributed by atoms with Gasteiger partial charge in [-0.1, -0.05) is 18.6 Å². The van der Waals surface area contributed by atoms with E-state index >= 15 is 0 Å². The predicted octanol–water partition coefficient (Wildman–Crippen LogP) is 1.00. The Morgan fingerprint density at radius 2 is 2.60 bits per heavy atom. The number of hydrogen-bond donors (Lipinski definition) is 0. The molecule has 0 spiro atoms. The van der Waals surface area contributed by atoms with Crippen LogP contribution in [0, 0.1) is 0 Å². The Balaban J connectivity index is 2.40. The third-order valence-electron chi connectivity index (χ3n) is 0.180. The molecule has 0 aliphatic carbocycles. The minimum Gasteiger partial charge on any atom is -0.245 e. The van der Waals surface area contributed by atoms with E-state index in [1.165, 1.54) is 11.8 Å². The fraction of sp³-hybridized carbons (Fsp3) is 0.500. The van der Waals surface area contributed by atoms with Crippen molar-refractivity contribution >= 4 is 25.1 Å². The Kier molecular flexibility index (Phi) is 4.15. The van der Waals surface area contributed by atoms with Crippen LogP contribution in [0.1, 0.15) is 0 Å². The molecule has 0 saturated heterocycles. The summed E-state index contributed by atoms with van der Waals surface area (Å²) in [5, 5.41) is 0. The van der Waals surface area contributed by atoms with Gasteiger partial charge in [0.25, 0.3) is 0 Å². The predicted molar refractivity (Wildman–Crippen MR) is 28.8 cm³/mol. The molecular formula is C2H5BNS. The van der Waals surface area contributed by atoms with Gasteiger partial charge in [0.1, 0.15) is 0 Å². The van der Waals surface area contributed by atoms with E-state index in [4.69, 9.17) is 0 Å². The first-order valence-electron chi connectivity index (χ1n) is 1.31. The largest absolute Gasteiger partial charge is 0.245 e. The Morgan fingerprint density at radius 3 is 2.60 bits per heavy atom. The number of rotatable bonds is 2. The van der Waals surface area contributed by atoms with Crippen LogP contribution in [0.3, 0.4) is 0 Å². The van der Waals surface area contributed by atoms with Crippen LogP contribution in [0.25, 0.3) is 0 Å². The highest BCUT2D eigenvalue weighted by atomic mass is 32.2. The van der Waals surface area contributed by atoms with Crippen LogP contribution >= 0.6 is 11.8 Å². The molecule has 0 bridgehead atoms. The van der Waals surface area contributed by atoms with Crippen LogP contribution in [-0.2, 0) is 0 Å². The summed E-state index contributed by atoms with van der Waals surface area (Å²) in [5.74, 6) is 0. The van der Waals surface area contributed by atoms with Gasteiger partial charge in [-0.15, -0.1) is 0 Å². The van der Waals surface area contributed by atoms with Gasteiger partial charge in [0.05, 0.1) is 0 Å². The summed E-state index contributed by atoms with van der Waals surface area (Å²) in [6.07, 6.45) is 0. The summed E-state index contributed by atoms with van der Waals surface area (Å²) in [7, 11) is 0. The fourth-order valence-electron chi connectivity index (χ4n) is 0.0745. The average Bonchev–Trinajstić information content (AvgIpc) is 1.41. The smallest absolute Gasteiger partial charge is 0.220 e. The molecule has 0 aliphatic rings. The molecular weight excluding hydrogens is 80.9 g/mol. The molecule has 0 N–H and O–H groups in total. The van der Waals surface area contributed by atoms with Gasteiger partial charge in [-0.2, -0.15) is 0 Å². The maximum atomic E-state index is 3.47. The zero-order chi connectivity index (χ0) is 4.12. The van der Waals surface area contributed by atoms with Gasteiger partial charge in [0.2, 0.25) is 6.56 Å². The summed E-state index contributed by atoms with van der Waals surface area (Å²) in [6.45, 7) is 7.02. The van der Waals surface area contributed by atoms with Gasteiger partial charge in [0.15, 0.2) is 0 Å². The van der Waals surface area contributed by atoms with Gasteiger partial charge in [-0.25, -0.2) is 4.40 Å². The summed E-state index contributed by atoms with van der Waals surface area (Å²) in [6, 6.07) is 0. The van der Waals surface area contributed by atoms with Crippen molar-refractivity contribution in [2.24, 2.45) is 4.40 Å². The Morgan fingerprint density at radius 1 is 2.00 bits per heavy atom. The van der Waals surface area contributed by atoms with Gasteiger partial charge >= 0.3 is 0 Å². The van der Waals surface area contributed by atoms with E-state index in [2.05, 4.69) is 11.1 Å². The molecule has 0 aromatic rings. The van der Waals surface area contributed by atoms with Gasteiger partial charge in [-0.3, -0.25) is 0 Å². The van der Waals surface area contributed by atoms with Crippen LogP contribution < -0.4 is 0 Å². The van der Waals surface area contributed by atoms with Crippen LogP contribution in [0.4, 0.5) is 0 Å². The highest BCUT2D eigenvalue weighted by Crippen LogP contribution is 1.91. The highest BCUT2D eigenvalue weighted by molar-refractivity contribution is 8.21. The van der Waals surface area contributed by atoms with Gasteiger partial charge < -0.3 is 0 Å². The van der Waals surface area contributed by atoms with Crippen LogP contribution in [-0.4, -0.2) is 13.3 Å². The minimum absolute atomic E-state index is 1.35. The van der Waals surface area contributed by atoms with Crippen molar-refractivity contribution in [1.82, 2.24) is 0 Å². The molecule has 0 amide bonds. The molecule has 5 heavy (non-hydrogen) atoms. The second-order valence-electron chi connectivity index (χ2n) is 0.470. The Hall–Kier alpha value is 0.0849. The van der Waals surface area contributed by atoms with E-state index in [-0.39, 0.29) is 0 Å². The van der Waals surface area contributed by atoms with Crippen LogP contribution in [0.2, 0.25) is 6.82 Å². The van der Waals surface area contributed by atoms with E-state index in [1.807, 2.05) is 13.4 Å². The fourth-order valence-corrected chi connectivity index (χ4v) is 0.224. The zero-order valence-corrected chi connectivity index (χ0v) is 3.96. The van der Waals surface area contributed by atoms with Crippen molar-refractivity contribution < 1.29 is 0 Å². The van der Waals surface area contributed by atoms with E-state index in [0.29, 0.717) is 0 Å². The zero-order valence-electron chi connectivity index (χ0n) is 3.14. The lowest BCUT2D eigenvalue weighted by Crippen LogP contribution is -1.59. The molecule has 0 aromatic carbocycles. The van der Waals surface area contributed by atoms with Gasteiger partial charge in [-0.05, 0) is 6.72 Å². The van der Waals surface area contributed by atoms with Gasteiger partial charge in [0, 0.05) is 0 Å². The van der Waals surface area contributed by atoms with Crippen molar-refractivity contribution in [1.29, 1.82) is 0 Å². The second-order valence-corrected chi connectivity index (χ2v) is 1.41. The normalized spacial score (nSPS) is 6.60. The van der Waals surface area contributed by atoms with Crippen LogP contribution in [0.15, 0.2) is 4.40 Å². The van der Waals surface area contributed by atoms with Crippen molar-refractivity contribution in [2.45, 2.75) is 6.82 Å². The molecule has 27 valence electrons. The summed E-state index contributed by atoms with van der Waals surface area (Å²) < 4.78 is 3.47. The lowest BCUT2D eigenvalue weighted by atomic mass is 10.2. The van der Waals surface area contributed by atoms with Crippen molar-refractivity contribution in [3.05, 3.63) is 0 Å². The maximum Gasteiger partial charge on any atom is 0.220 e. The lowest BCUT2D eigenvalue weighted by Gasteiger charge is -1.71. The first-order chi connectivity index (χ1) is 2.41. The van der Waals surface area contributed by atoms with E-state index < -0.39 is 0 Å². The van der Waals surface area contributed by atoms with Crippen molar-refractivity contribution in [2.75, 3.05) is 0 Å². The first-order valence-corrected chi connectivity index (χ1v) is 2.15. The summed E-state index contributed by atoms with van der Waals surface area (Å²) >= 11 is 1.35. The molecule has 0 unspecified atom stereocenters. The molecule has 0 heterocycles. The summed E-state index contributed by atoms with van der Waals surface area (Å²) in [4.78, 5) is 0. The van der Waals surface area contributed by atoms with Crippen LogP contribution in [0.5, 0.6) is 0 Å². The lowest BCUT2D eigenvalue weighted by molar-refractivity contribution is 2.06. The molecule has 0 aliphatic heterocycles. The highest BCUT2D eigenvalue weighted by Gasteiger charge is 1.67. The minimum atomic E-state index is 1.35. The maximum absolute atomic E-state index is 3.47. The summed E-state index contributed by atoms with van der Waals surface area (Å²) in [5.41, 5.74) is 0. The molecule has 0 saturated carbocycles. The van der Waals surface area contributed by atoms with Crippen molar-refractivity contribution in [3.8, 4) is 0 Å². The molecule has 0 fully saturated rings. The average molecular weight is 85.9 g/mol. The van der Waals surface area contributed by atoms with Crippen molar-refractivity contribution in [3.63, 3.8) is 0 Å². The molecule has 1 radical (unpaired) electrons. The molecule has 0 atom stereocenters. The van der Waals surface area contributed by atoms with E-state index in [1.54, 1.807) is 0 Å². The third-order valence-corrected chi connectivity index (χ3v) is 0.540. The Bertz CT molecular complexity index is 30.8. The Labute approximate surface area is 37.1 Å². The molecule has 3 heteroatoms. The topological polar surface area (TPSA) is 12.4 Å². The number of hydrogen-bond acceptors (Lipinski definition) is 2. The number of nitrogens with zero attached hydrogens (tertiary/aromatic N) is 1. The SMILES string of the molecule is C=NS[B]C. The first kappa shape index (κ1) is 5.08. The van der Waals surface area contributed by atoms with E-state index in [9.17, 15) is 0 Å². The van der Waals surface area contributed by atoms with E-state index in [0.717, 1.165) is 0 Å². The quantitative estimate of drug-likeness (QED) is 0.277. The monoisotopic (exact) mass is 86.0 g/mol. The molecule has 0 rings (SSSR count). The molecule has 1 nitrogen and oxygen atoms in total.